The van der Waals surface area contributed by atoms with Crippen LogP contribution in [-0.4, -0.2) is 23.3 Å². The highest BCUT2D eigenvalue weighted by Crippen LogP contribution is 2.21. The Labute approximate surface area is 98.7 Å². The molecule has 14 heavy (non-hydrogen) atoms. The first-order valence-electron chi connectivity index (χ1n) is 5.22. The number of carbonyl (C=O) groups is 1. The van der Waals surface area contributed by atoms with Crippen molar-refractivity contribution < 1.29 is 14.3 Å². The smallest absolute Gasteiger partial charge is 0.434 e. The number of halogens is 1. The van der Waals surface area contributed by atoms with E-state index in [2.05, 4.69) is 22.6 Å². The second-order valence-corrected chi connectivity index (χ2v) is 4.60. The molecule has 1 rings (SSSR count). The number of ether oxygens (including phenoxy) is 2. The monoisotopic (exact) mass is 312 g/mol. The third kappa shape index (κ3) is 5.02. The molecule has 0 atom stereocenters. The highest BCUT2D eigenvalue weighted by atomic mass is 127. The van der Waals surface area contributed by atoms with Crippen LogP contribution in [0.15, 0.2) is 0 Å². The maximum absolute atomic E-state index is 11.1. The van der Waals surface area contributed by atoms with Gasteiger partial charge < -0.3 is 9.47 Å². The van der Waals surface area contributed by atoms with Gasteiger partial charge in [0, 0.05) is 0 Å². The Bertz CT molecular complexity index is 167. The minimum absolute atomic E-state index is 0.118. The summed E-state index contributed by atoms with van der Waals surface area (Å²) >= 11 is 2.31. The van der Waals surface area contributed by atoms with E-state index in [9.17, 15) is 4.79 Å². The summed E-state index contributed by atoms with van der Waals surface area (Å²) in [5.74, 6) is 0. The summed E-state index contributed by atoms with van der Waals surface area (Å²) in [4.78, 5) is 11.1. The number of carbonyl (C=O) groups excluding carboxylic acids is 1. The average molecular weight is 312 g/mol. The van der Waals surface area contributed by atoms with Crippen molar-refractivity contribution in [3.8, 4) is 0 Å². The van der Waals surface area contributed by atoms with E-state index in [-0.39, 0.29) is 6.10 Å². The van der Waals surface area contributed by atoms with Crippen LogP contribution in [-0.2, 0) is 9.47 Å². The van der Waals surface area contributed by atoms with Gasteiger partial charge in [-0.25, -0.2) is 4.79 Å². The van der Waals surface area contributed by atoms with Crippen molar-refractivity contribution in [2.45, 2.75) is 44.6 Å². The quantitative estimate of drug-likeness (QED) is 0.338. The highest BCUT2D eigenvalue weighted by Gasteiger charge is 2.19. The van der Waals surface area contributed by atoms with Gasteiger partial charge in [-0.15, -0.1) is 0 Å². The molecular formula is C10H17IO3. The summed E-state index contributed by atoms with van der Waals surface area (Å²) < 4.78 is 11.2. The van der Waals surface area contributed by atoms with Crippen molar-refractivity contribution in [3.05, 3.63) is 0 Å². The van der Waals surface area contributed by atoms with Crippen LogP contribution in [0.2, 0.25) is 0 Å². The molecule has 0 aromatic carbocycles. The zero-order chi connectivity index (χ0) is 10.2. The van der Waals surface area contributed by atoms with Crippen LogP contribution in [0.25, 0.3) is 0 Å². The molecule has 0 saturated heterocycles. The summed E-state index contributed by atoms with van der Waals surface area (Å²) in [5, 5.41) is 0. The van der Waals surface area contributed by atoms with Crippen molar-refractivity contribution in [1.82, 2.24) is 0 Å². The molecule has 0 radical (unpaired) electrons. The topological polar surface area (TPSA) is 35.5 Å². The fraction of sp³-hybridized carbons (Fsp3) is 0.900. The van der Waals surface area contributed by atoms with Gasteiger partial charge in [-0.2, -0.15) is 0 Å². The van der Waals surface area contributed by atoms with Gasteiger partial charge in [-0.3, -0.25) is 0 Å². The van der Waals surface area contributed by atoms with Crippen LogP contribution in [0.1, 0.15) is 38.5 Å². The molecule has 0 aromatic heterocycles. The standard InChI is InChI=1S/C10H17IO3/c11-7-3-4-8-13-10(12)14-9-5-1-2-6-9/h9H,1-8H2. The van der Waals surface area contributed by atoms with Crippen molar-refractivity contribution >= 4 is 28.7 Å². The molecule has 1 aliphatic rings. The van der Waals surface area contributed by atoms with Crippen molar-refractivity contribution in [1.29, 1.82) is 0 Å². The van der Waals surface area contributed by atoms with Crippen LogP contribution in [0.3, 0.4) is 0 Å². The lowest BCUT2D eigenvalue weighted by Crippen LogP contribution is -2.16. The third-order valence-electron chi connectivity index (χ3n) is 2.31. The molecule has 82 valence electrons. The summed E-state index contributed by atoms with van der Waals surface area (Å²) in [5.41, 5.74) is 0. The molecule has 0 unspecified atom stereocenters. The summed E-state index contributed by atoms with van der Waals surface area (Å²) in [6.45, 7) is 0.495. The van der Waals surface area contributed by atoms with Crippen LogP contribution in [0, 0.1) is 0 Å². The van der Waals surface area contributed by atoms with Crippen molar-refractivity contribution in [3.63, 3.8) is 0 Å². The molecule has 0 aromatic rings. The first-order chi connectivity index (χ1) is 6.83. The predicted octanol–water partition coefficient (Wildman–Crippen LogP) is 3.30. The number of rotatable bonds is 5. The van der Waals surface area contributed by atoms with E-state index in [1.165, 1.54) is 12.8 Å². The lowest BCUT2D eigenvalue weighted by molar-refractivity contribution is 0.0252. The van der Waals surface area contributed by atoms with Gasteiger partial charge in [-0.1, -0.05) is 22.6 Å². The Kier molecular flexibility index (Phi) is 6.31. The predicted molar refractivity (Wildman–Crippen MR) is 62.8 cm³/mol. The van der Waals surface area contributed by atoms with Gasteiger partial charge in [0.15, 0.2) is 0 Å². The summed E-state index contributed by atoms with van der Waals surface area (Å²) in [7, 11) is 0. The Morgan fingerprint density at radius 2 is 2.00 bits per heavy atom. The average Bonchev–Trinajstić information content (AvgIpc) is 2.65. The maximum atomic E-state index is 11.1. The van der Waals surface area contributed by atoms with E-state index in [1.54, 1.807) is 0 Å². The second-order valence-electron chi connectivity index (χ2n) is 3.52. The number of unbranched alkanes of at least 4 members (excludes halogenated alkanes) is 1. The van der Waals surface area contributed by atoms with Gasteiger partial charge in [0.05, 0.1) is 6.61 Å². The largest absolute Gasteiger partial charge is 0.508 e. The summed E-state index contributed by atoms with van der Waals surface area (Å²) in [6, 6.07) is 0. The molecule has 1 aliphatic carbocycles. The Morgan fingerprint density at radius 3 is 2.64 bits per heavy atom. The van der Waals surface area contributed by atoms with E-state index in [1.807, 2.05) is 0 Å². The lowest BCUT2D eigenvalue weighted by Gasteiger charge is -2.10. The summed E-state index contributed by atoms with van der Waals surface area (Å²) in [6.07, 6.45) is 6.02. The van der Waals surface area contributed by atoms with E-state index >= 15 is 0 Å². The molecule has 3 nitrogen and oxygen atoms in total. The van der Waals surface area contributed by atoms with Crippen LogP contribution < -0.4 is 0 Å². The molecule has 0 spiro atoms. The highest BCUT2D eigenvalue weighted by molar-refractivity contribution is 14.1. The Hall–Kier alpha value is -0.0000000000000000555. The minimum Gasteiger partial charge on any atom is -0.434 e. The molecule has 1 fully saturated rings. The fourth-order valence-corrected chi connectivity index (χ4v) is 2.07. The van der Waals surface area contributed by atoms with E-state index < -0.39 is 6.16 Å². The molecule has 0 bridgehead atoms. The molecule has 0 N–H and O–H groups in total. The third-order valence-corrected chi connectivity index (χ3v) is 3.08. The molecule has 4 heteroatoms. The lowest BCUT2D eigenvalue weighted by atomic mass is 10.3. The first-order valence-corrected chi connectivity index (χ1v) is 6.75. The van der Waals surface area contributed by atoms with Gasteiger partial charge in [-0.05, 0) is 43.0 Å². The fourth-order valence-electron chi connectivity index (χ4n) is 1.53. The zero-order valence-corrected chi connectivity index (χ0v) is 10.5. The molecule has 0 aliphatic heterocycles. The normalized spacial score (nSPS) is 16.9. The molecular weight excluding hydrogens is 295 g/mol. The first kappa shape index (κ1) is 12.1. The van der Waals surface area contributed by atoms with Crippen LogP contribution >= 0.6 is 22.6 Å². The van der Waals surface area contributed by atoms with Crippen molar-refractivity contribution in [2.24, 2.45) is 0 Å². The van der Waals surface area contributed by atoms with Crippen LogP contribution in [0.4, 0.5) is 4.79 Å². The van der Waals surface area contributed by atoms with Crippen LogP contribution in [0.5, 0.6) is 0 Å². The minimum atomic E-state index is -0.481. The second kappa shape index (κ2) is 7.31. The Morgan fingerprint density at radius 1 is 1.29 bits per heavy atom. The number of alkyl halides is 1. The van der Waals surface area contributed by atoms with Gasteiger partial charge in [0.1, 0.15) is 6.10 Å². The molecule has 0 heterocycles. The van der Waals surface area contributed by atoms with E-state index in [0.717, 1.165) is 30.1 Å². The SMILES string of the molecule is O=C(OCCCCI)OC1CCCC1. The van der Waals surface area contributed by atoms with E-state index in [0.29, 0.717) is 6.61 Å². The number of hydrogen-bond acceptors (Lipinski definition) is 3. The zero-order valence-electron chi connectivity index (χ0n) is 8.34. The van der Waals surface area contributed by atoms with Gasteiger partial charge in [0.25, 0.3) is 0 Å². The van der Waals surface area contributed by atoms with Gasteiger partial charge in [0.2, 0.25) is 0 Å². The maximum Gasteiger partial charge on any atom is 0.508 e. The van der Waals surface area contributed by atoms with Gasteiger partial charge >= 0.3 is 6.16 Å². The van der Waals surface area contributed by atoms with E-state index in [4.69, 9.17) is 9.47 Å². The number of hydrogen-bond donors (Lipinski definition) is 0. The van der Waals surface area contributed by atoms with Crippen molar-refractivity contribution in [2.75, 3.05) is 11.0 Å². The molecule has 1 saturated carbocycles. The molecule has 0 amide bonds. The Balaban J connectivity index is 1.98.